The van der Waals surface area contributed by atoms with Gasteiger partial charge in [-0.15, -0.1) is 0 Å². The largest absolute Gasteiger partial charge is 0.475 e. The zero-order chi connectivity index (χ0) is 30.0. The van der Waals surface area contributed by atoms with Crippen molar-refractivity contribution in [2.45, 2.75) is 77.2 Å². The Morgan fingerprint density at radius 3 is 2.29 bits per heavy atom. The van der Waals surface area contributed by atoms with Gasteiger partial charge in [-0.1, -0.05) is 62.7 Å². The van der Waals surface area contributed by atoms with Gasteiger partial charge in [0, 0.05) is 18.0 Å². The highest BCUT2D eigenvalue weighted by Crippen LogP contribution is 2.34. The van der Waals surface area contributed by atoms with Crippen LogP contribution in [0.4, 0.5) is 24.9 Å². The second kappa shape index (κ2) is 12.0. The first-order valence-corrected chi connectivity index (χ1v) is 14.3. The van der Waals surface area contributed by atoms with E-state index in [1.54, 1.807) is 0 Å². The summed E-state index contributed by atoms with van der Waals surface area (Å²) in [5.41, 5.74) is 1.73. The molecule has 3 atom stereocenters. The van der Waals surface area contributed by atoms with Gasteiger partial charge in [0.05, 0.1) is 12.1 Å². The molecule has 1 saturated carbocycles. The summed E-state index contributed by atoms with van der Waals surface area (Å²) in [7, 11) is 0. The number of hydrogen-bond acceptors (Lipinski definition) is 6. The number of benzene rings is 2. The van der Waals surface area contributed by atoms with Crippen LogP contribution in [0.5, 0.6) is 0 Å². The van der Waals surface area contributed by atoms with Crippen LogP contribution in [0, 0.1) is 5.92 Å². The molecule has 2 heterocycles. The van der Waals surface area contributed by atoms with Crippen LogP contribution in [0.2, 0.25) is 0 Å². The molecule has 2 aromatic heterocycles. The predicted molar refractivity (Wildman–Crippen MR) is 156 cm³/mol. The number of carboxylic acid groups (broad SMARTS) is 1. The van der Waals surface area contributed by atoms with Crippen molar-refractivity contribution in [1.82, 2.24) is 19.5 Å². The number of anilines is 2. The van der Waals surface area contributed by atoms with Crippen molar-refractivity contribution in [2.24, 2.45) is 5.92 Å². The average Bonchev–Trinajstić information content (AvgIpc) is 3.27. The molecule has 0 spiro atoms. The quantitative estimate of drug-likeness (QED) is 0.173. The van der Waals surface area contributed by atoms with Crippen molar-refractivity contribution >= 4 is 28.9 Å². The number of aromatic carboxylic acids is 1. The fourth-order valence-electron chi connectivity index (χ4n) is 5.49. The Balaban J connectivity index is 1.60. The predicted octanol–water partition coefficient (Wildman–Crippen LogP) is 7.19. The Morgan fingerprint density at radius 2 is 1.71 bits per heavy atom. The average molecular weight is 581 g/mol. The maximum absolute atomic E-state index is 13.2. The van der Waals surface area contributed by atoms with E-state index in [1.807, 2.05) is 29.7 Å². The molecule has 8 nitrogen and oxygen atoms in total. The van der Waals surface area contributed by atoms with Crippen molar-refractivity contribution in [3.63, 3.8) is 0 Å². The molecule has 3 N–H and O–H groups in total. The van der Waals surface area contributed by atoms with Crippen molar-refractivity contribution < 1.29 is 23.1 Å². The number of halogens is 3. The van der Waals surface area contributed by atoms with E-state index in [0.717, 1.165) is 43.4 Å². The van der Waals surface area contributed by atoms with Crippen LogP contribution in [-0.2, 0) is 12.7 Å². The lowest BCUT2D eigenvalue weighted by Crippen LogP contribution is -2.31. The number of rotatable bonds is 11. The van der Waals surface area contributed by atoms with E-state index in [4.69, 9.17) is 4.98 Å². The van der Waals surface area contributed by atoms with Gasteiger partial charge in [0.15, 0.2) is 11.5 Å². The molecule has 0 bridgehead atoms. The normalized spacial score (nSPS) is 16.0. The van der Waals surface area contributed by atoms with Gasteiger partial charge in [0.25, 0.3) is 0 Å². The number of hydrogen-bond donors (Lipinski definition) is 3. The minimum absolute atomic E-state index is 0.0332. The maximum atomic E-state index is 13.2. The van der Waals surface area contributed by atoms with Crippen LogP contribution in [0.15, 0.2) is 54.6 Å². The Kier molecular flexibility index (Phi) is 8.38. The first-order valence-electron chi connectivity index (χ1n) is 14.3. The topological polar surface area (TPSA) is 105 Å². The molecule has 0 radical (unpaired) electrons. The van der Waals surface area contributed by atoms with Gasteiger partial charge in [-0.2, -0.15) is 18.2 Å². The van der Waals surface area contributed by atoms with Gasteiger partial charge >= 0.3 is 12.1 Å². The van der Waals surface area contributed by atoms with Crippen LogP contribution < -0.4 is 10.6 Å². The summed E-state index contributed by atoms with van der Waals surface area (Å²) >= 11 is 0. The highest BCUT2D eigenvalue weighted by Gasteiger charge is 2.31. The second-order valence-electron chi connectivity index (χ2n) is 11.1. The van der Waals surface area contributed by atoms with E-state index in [9.17, 15) is 23.1 Å². The van der Waals surface area contributed by atoms with Crippen LogP contribution in [0.3, 0.4) is 0 Å². The van der Waals surface area contributed by atoms with Gasteiger partial charge < -0.3 is 20.3 Å². The lowest BCUT2D eigenvalue weighted by Gasteiger charge is -2.32. The Labute approximate surface area is 242 Å². The Bertz CT molecular complexity index is 1530. The molecule has 42 heavy (non-hydrogen) atoms. The van der Waals surface area contributed by atoms with Crippen LogP contribution in [0.25, 0.3) is 11.2 Å². The zero-order valence-corrected chi connectivity index (χ0v) is 23.8. The molecule has 1 aliphatic carbocycles. The van der Waals surface area contributed by atoms with Gasteiger partial charge in [-0.3, -0.25) is 0 Å². The minimum atomic E-state index is -4.44. The highest BCUT2D eigenvalue weighted by atomic mass is 19.4. The van der Waals surface area contributed by atoms with Gasteiger partial charge in [-0.05, 0) is 55.4 Å². The zero-order valence-electron chi connectivity index (χ0n) is 23.8. The van der Waals surface area contributed by atoms with Crippen LogP contribution in [-0.4, -0.2) is 42.7 Å². The number of imidazole rings is 1. The van der Waals surface area contributed by atoms with E-state index >= 15 is 0 Å². The smallest absolute Gasteiger partial charge is 0.416 e. The molecule has 2 aromatic carbocycles. The number of nitrogens with zero attached hydrogens (tertiary/aromatic N) is 4. The molecule has 5 rings (SSSR count). The van der Waals surface area contributed by atoms with Gasteiger partial charge in [0.1, 0.15) is 5.52 Å². The summed E-state index contributed by atoms with van der Waals surface area (Å²) in [6.45, 7) is 6.41. The summed E-state index contributed by atoms with van der Waals surface area (Å²) in [5.74, 6) is -0.326. The van der Waals surface area contributed by atoms with E-state index in [-0.39, 0.29) is 36.0 Å². The number of fused-ring (bicyclic) bond motifs is 1. The third-order valence-electron chi connectivity index (χ3n) is 8.32. The molecule has 222 valence electrons. The molecular formula is C31H35F3N6O2. The third-order valence-corrected chi connectivity index (χ3v) is 8.32. The molecule has 1 aliphatic rings. The summed E-state index contributed by atoms with van der Waals surface area (Å²) in [6, 6.07) is 15.1. The maximum Gasteiger partial charge on any atom is 0.416 e. The monoisotopic (exact) mass is 580 g/mol. The lowest BCUT2D eigenvalue weighted by molar-refractivity contribution is -0.137. The molecule has 0 aliphatic heterocycles. The first kappa shape index (κ1) is 29.3. The molecule has 0 saturated heterocycles. The molecule has 1 unspecified atom stereocenters. The molecule has 11 heteroatoms. The number of alkyl halides is 3. The lowest BCUT2D eigenvalue weighted by atomic mass is 9.80. The van der Waals surface area contributed by atoms with Crippen molar-refractivity contribution in [3.05, 3.63) is 77.1 Å². The fraction of sp³-hybridized carbons (Fsp3) is 0.419. The molecule has 4 aromatic rings. The third kappa shape index (κ3) is 6.19. The van der Waals surface area contributed by atoms with Crippen LogP contribution in [0.1, 0.15) is 79.7 Å². The molecule has 0 amide bonds. The van der Waals surface area contributed by atoms with Crippen LogP contribution >= 0.6 is 0 Å². The number of carboxylic acids is 1. The number of nitrogens with one attached hydrogen (secondary N) is 2. The van der Waals surface area contributed by atoms with E-state index in [1.165, 1.54) is 12.1 Å². The van der Waals surface area contributed by atoms with Crippen molar-refractivity contribution in [1.29, 1.82) is 0 Å². The van der Waals surface area contributed by atoms with E-state index < -0.39 is 17.7 Å². The first-order chi connectivity index (χ1) is 20.0. The Morgan fingerprint density at radius 1 is 1.02 bits per heavy atom. The number of carbonyl (C=O) groups is 1. The summed E-state index contributed by atoms with van der Waals surface area (Å²) in [5, 5.41) is 16.7. The highest BCUT2D eigenvalue weighted by molar-refractivity contribution is 5.91. The molecular weight excluding hydrogens is 545 g/mol. The second-order valence-corrected chi connectivity index (χ2v) is 11.1. The van der Waals surface area contributed by atoms with E-state index in [0.29, 0.717) is 28.8 Å². The molecule has 1 fully saturated rings. The van der Waals surface area contributed by atoms with Gasteiger partial charge in [0.2, 0.25) is 11.8 Å². The standard InChI is InChI=1S/C31H35F3N6O2/c1-4-24(18(2)21-9-6-5-7-10-21)36-30-39-27-25(40(30)17-20-13-15-23(16-14-20)31(32,33)34)26(37-28(38-27)29(41)42)35-19(3)22-11-8-12-22/h5-7,9-10,13-16,18-19,22,24H,4,8,11-12,17H2,1-3H3,(H,41,42)(H2,35,36,37,38,39)/t18-,19+,24?/m0/s1. The summed E-state index contributed by atoms with van der Waals surface area (Å²) in [4.78, 5) is 25.3. The fourth-order valence-corrected chi connectivity index (χ4v) is 5.49. The SMILES string of the molecule is CCC(Nc1nc2nc(C(=O)O)nc(N[C@H](C)C3CCC3)c2n1Cc1ccc(C(F)(F)F)cc1)[C@@H](C)c1ccccc1. The van der Waals surface area contributed by atoms with Crippen molar-refractivity contribution in [2.75, 3.05) is 10.6 Å². The van der Waals surface area contributed by atoms with Gasteiger partial charge in [-0.25, -0.2) is 14.8 Å². The Hall–Kier alpha value is -4.15. The summed E-state index contributed by atoms with van der Waals surface area (Å²) < 4.78 is 41.6. The van der Waals surface area contributed by atoms with Crippen molar-refractivity contribution in [3.8, 4) is 0 Å². The number of aromatic nitrogens is 4. The summed E-state index contributed by atoms with van der Waals surface area (Å²) in [6.07, 6.45) is -0.392. The minimum Gasteiger partial charge on any atom is -0.475 e. The van der Waals surface area contributed by atoms with E-state index in [2.05, 4.69) is 46.6 Å².